The number of esters is 1. The highest BCUT2D eigenvalue weighted by molar-refractivity contribution is 6.42. The molecule has 0 aromatic heterocycles. The van der Waals surface area contributed by atoms with E-state index in [4.69, 9.17) is 32.7 Å². The number of nitrogens with zero attached hydrogens (tertiary/aromatic N) is 1. The van der Waals surface area contributed by atoms with Crippen molar-refractivity contribution in [1.29, 1.82) is 0 Å². The molecular formula is C11H11Cl2NO5. The molecular weight excluding hydrogens is 297 g/mol. The minimum Gasteiger partial charge on any atom is -0.486 e. The number of benzene rings is 1. The van der Waals surface area contributed by atoms with Crippen molar-refractivity contribution in [2.75, 3.05) is 13.2 Å². The van der Waals surface area contributed by atoms with E-state index in [2.05, 4.69) is 0 Å². The Hall–Kier alpha value is -1.53. The van der Waals surface area contributed by atoms with E-state index in [0.29, 0.717) is 0 Å². The minimum absolute atomic E-state index is 0.00869. The molecule has 0 atom stereocenters. The lowest BCUT2D eigenvalue weighted by Crippen LogP contribution is -2.10. The number of nitro groups is 1. The lowest BCUT2D eigenvalue weighted by atomic mass is 10.3. The second kappa shape index (κ2) is 7.16. The molecule has 0 aliphatic rings. The molecule has 6 nitrogen and oxygen atoms in total. The maximum absolute atomic E-state index is 11.1. The molecule has 104 valence electrons. The van der Waals surface area contributed by atoms with Gasteiger partial charge in [-0.25, -0.2) is 0 Å². The number of halogens is 2. The third-order valence-corrected chi connectivity index (χ3v) is 2.79. The number of rotatable bonds is 6. The van der Waals surface area contributed by atoms with Crippen LogP contribution in [-0.2, 0) is 9.53 Å². The summed E-state index contributed by atoms with van der Waals surface area (Å²) in [5.74, 6) is -0.478. The second-order valence-corrected chi connectivity index (χ2v) is 4.21. The Kier molecular flexibility index (Phi) is 5.85. The van der Waals surface area contributed by atoms with Gasteiger partial charge in [-0.05, 0) is 6.92 Å². The van der Waals surface area contributed by atoms with Crippen LogP contribution in [0.1, 0.15) is 13.3 Å². The van der Waals surface area contributed by atoms with E-state index in [1.807, 2.05) is 0 Å². The molecule has 1 aromatic rings. The van der Waals surface area contributed by atoms with Gasteiger partial charge in [-0.2, -0.15) is 0 Å². The van der Waals surface area contributed by atoms with E-state index in [0.717, 1.165) is 6.07 Å². The van der Waals surface area contributed by atoms with Crippen molar-refractivity contribution in [3.63, 3.8) is 0 Å². The van der Waals surface area contributed by atoms with Gasteiger partial charge in [0.05, 0.1) is 34.6 Å². The maximum atomic E-state index is 11.1. The van der Waals surface area contributed by atoms with Crippen LogP contribution in [0.25, 0.3) is 0 Å². The molecule has 8 heteroatoms. The van der Waals surface area contributed by atoms with Gasteiger partial charge in [0.25, 0.3) is 0 Å². The number of ether oxygens (including phenoxy) is 2. The molecule has 0 aliphatic carbocycles. The first-order valence-corrected chi connectivity index (χ1v) is 6.13. The van der Waals surface area contributed by atoms with Crippen molar-refractivity contribution in [1.82, 2.24) is 0 Å². The summed E-state index contributed by atoms with van der Waals surface area (Å²) >= 11 is 11.4. The van der Waals surface area contributed by atoms with Crippen LogP contribution in [0.15, 0.2) is 12.1 Å². The Bertz CT molecular complexity index is 492. The summed E-state index contributed by atoms with van der Waals surface area (Å²) in [7, 11) is 0. The van der Waals surface area contributed by atoms with E-state index < -0.39 is 10.9 Å². The molecule has 0 fully saturated rings. The number of hydrogen-bond acceptors (Lipinski definition) is 5. The van der Waals surface area contributed by atoms with Gasteiger partial charge in [0.15, 0.2) is 5.75 Å². The standard InChI is InChI=1S/C11H11Cl2NO5/c1-2-18-11(15)3-4-19-10-6-8(13)7(12)5-9(10)14(16)17/h5-6H,2-4H2,1H3. The van der Waals surface area contributed by atoms with E-state index >= 15 is 0 Å². The zero-order valence-corrected chi connectivity index (χ0v) is 11.5. The first kappa shape index (κ1) is 15.5. The maximum Gasteiger partial charge on any atom is 0.312 e. The van der Waals surface area contributed by atoms with Gasteiger partial charge in [0, 0.05) is 12.1 Å². The van der Waals surface area contributed by atoms with Crippen LogP contribution in [0.2, 0.25) is 10.0 Å². The molecule has 0 radical (unpaired) electrons. The van der Waals surface area contributed by atoms with Crippen LogP contribution in [-0.4, -0.2) is 24.1 Å². The molecule has 19 heavy (non-hydrogen) atoms. The summed E-state index contributed by atoms with van der Waals surface area (Å²) in [4.78, 5) is 21.3. The van der Waals surface area contributed by atoms with Gasteiger partial charge in [0.2, 0.25) is 0 Å². The second-order valence-electron chi connectivity index (χ2n) is 3.39. The monoisotopic (exact) mass is 307 g/mol. The molecule has 1 aromatic carbocycles. The number of nitro benzene ring substituents is 1. The van der Waals surface area contributed by atoms with E-state index in [1.165, 1.54) is 6.07 Å². The number of hydrogen-bond donors (Lipinski definition) is 0. The van der Waals surface area contributed by atoms with E-state index in [-0.39, 0.29) is 41.1 Å². The molecule has 0 amide bonds. The Balaban J connectivity index is 2.74. The molecule has 0 saturated carbocycles. The van der Waals surface area contributed by atoms with Gasteiger partial charge < -0.3 is 9.47 Å². The zero-order chi connectivity index (χ0) is 14.4. The molecule has 0 bridgehead atoms. The van der Waals surface area contributed by atoms with E-state index in [1.54, 1.807) is 6.92 Å². The summed E-state index contributed by atoms with van der Waals surface area (Å²) in [6.07, 6.45) is -0.00869. The summed E-state index contributed by atoms with van der Waals surface area (Å²) in [6.45, 7) is 1.91. The largest absolute Gasteiger partial charge is 0.486 e. The topological polar surface area (TPSA) is 78.7 Å². The van der Waals surface area contributed by atoms with E-state index in [9.17, 15) is 14.9 Å². The lowest BCUT2D eigenvalue weighted by molar-refractivity contribution is -0.385. The molecule has 0 unspecified atom stereocenters. The fourth-order valence-corrected chi connectivity index (χ4v) is 1.57. The van der Waals surface area contributed by atoms with Crippen LogP contribution in [0, 0.1) is 10.1 Å². The Morgan fingerprint density at radius 1 is 1.37 bits per heavy atom. The van der Waals surface area contributed by atoms with Gasteiger partial charge in [-0.3, -0.25) is 14.9 Å². The summed E-state index contributed by atoms with van der Waals surface area (Å²) in [6, 6.07) is 2.34. The fourth-order valence-electron chi connectivity index (χ4n) is 1.25. The minimum atomic E-state index is -0.637. The summed E-state index contributed by atoms with van der Waals surface area (Å²) in [5.41, 5.74) is -0.307. The van der Waals surface area contributed by atoms with Crippen molar-refractivity contribution in [3.05, 3.63) is 32.3 Å². The first-order valence-electron chi connectivity index (χ1n) is 5.37. The molecule has 1 rings (SSSR count). The molecule has 0 N–H and O–H groups in total. The highest BCUT2D eigenvalue weighted by Crippen LogP contribution is 2.35. The Labute approximate surface area is 119 Å². The predicted octanol–water partition coefficient (Wildman–Crippen LogP) is 3.23. The van der Waals surface area contributed by atoms with Gasteiger partial charge in [-0.15, -0.1) is 0 Å². The van der Waals surface area contributed by atoms with Crippen LogP contribution in [0.4, 0.5) is 5.69 Å². The number of carbonyl (C=O) groups is 1. The fraction of sp³-hybridized carbons (Fsp3) is 0.364. The highest BCUT2D eigenvalue weighted by atomic mass is 35.5. The Morgan fingerprint density at radius 2 is 2.00 bits per heavy atom. The molecule has 0 heterocycles. The first-order chi connectivity index (χ1) is 8.95. The molecule has 0 spiro atoms. The quantitative estimate of drug-likeness (QED) is 0.458. The highest BCUT2D eigenvalue weighted by Gasteiger charge is 2.18. The van der Waals surface area contributed by atoms with Crippen LogP contribution < -0.4 is 4.74 Å². The third kappa shape index (κ3) is 4.57. The average molecular weight is 308 g/mol. The normalized spacial score (nSPS) is 10.1. The summed E-state index contributed by atoms with van der Waals surface area (Å²) in [5, 5.41) is 11.0. The van der Waals surface area contributed by atoms with Gasteiger partial charge in [0.1, 0.15) is 0 Å². The van der Waals surface area contributed by atoms with Crippen molar-refractivity contribution in [2.45, 2.75) is 13.3 Å². The molecule has 0 aliphatic heterocycles. The number of carbonyl (C=O) groups excluding carboxylic acids is 1. The smallest absolute Gasteiger partial charge is 0.312 e. The summed E-state index contributed by atoms with van der Waals surface area (Å²) < 4.78 is 9.87. The predicted molar refractivity (Wildman–Crippen MR) is 69.9 cm³/mol. The lowest BCUT2D eigenvalue weighted by Gasteiger charge is -2.07. The van der Waals surface area contributed by atoms with Gasteiger partial charge >= 0.3 is 11.7 Å². The van der Waals surface area contributed by atoms with Crippen molar-refractivity contribution in [2.24, 2.45) is 0 Å². The van der Waals surface area contributed by atoms with Crippen molar-refractivity contribution >= 4 is 34.9 Å². The SMILES string of the molecule is CCOC(=O)CCOc1cc(Cl)c(Cl)cc1[N+](=O)[O-]. The zero-order valence-electron chi connectivity index (χ0n) is 10.0. The third-order valence-electron chi connectivity index (χ3n) is 2.07. The van der Waals surface area contributed by atoms with Crippen molar-refractivity contribution < 1.29 is 19.2 Å². The van der Waals surface area contributed by atoms with Gasteiger partial charge in [-0.1, -0.05) is 23.2 Å². The van der Waals surface area contributed by atoms with Crippen LogP contribution in [0.3, 0.4) is 0 Å². The van der Waals surface area contributed by atoms with Crippen LogP contribution in [0.5, 0.6) is 5.75 Å². The average Bonchev–Trinajstić information content (AvgIpc) is 2.33. The van der Waals surface area contributed by atoms with Crippen LogP contribution >= 0.6 is 23.2 Å². The molecule has 0 saturated heterocycles. The Morgan fingerprint density at radius 3 is 2.58 bits per heavy atom. The van der Waals surface area contributed by atoms with Crippen molar-refractivity contribution in [3.8, 4) is 5.75 Å².